The van der Waals surface area contributed by atoms with Crippen LogP contribution in [0.15, 0.2) is 30.3 Å². The van der Waals surface area contributed by atoms with E-state index < -0.39 is 59.4 Å². The summed E-state index contributed by atoms with van der Waals surface area (Å²) in [5.74, 6) is -2.75. The number of hydrogen-bond acceptors (Lipinski definition) is 10. The van der Waals surface area contributed by atoms with Gasteiger partial charge in [-0.3, -0.25) is 19.2 Å². The maximum atomic E-state index is 13.3. The Morgan fingerprint density at radius 2 is 1.78 bits per heavy atom. The van der Waals surface area contributed by atoms with E-state index in [-0.39, 0.29) is 30.3 Å². The van der Waals surface area contributed by atoms with E-state index >= 15 is 0 Å². The maximum absolute atomic E-state index is 13.3. The van der Waals surface area contributed by atoms with Crippen molar-refractivity contribution in [3.8, 4) is 6.07 Å². The molecule has 0 aromatic heterocycles. The SMILES string of the molecule is COC(=O)C(CNC(=O)CCC(NC(=O)OC(C)(C)C)C(=O)N1CCCC1C#N)NC(=O)C(CSC(C)=O)Cc1ccccc1. The van der Waals surface area contributed by atoms with Crippen LogP contribution in [-0.2, 0) is 39.9 Å². The van der Waals surface area contributed by atoms with E-state index in [4.69, 9.17) is 9.47 Å². The zero-order valence-corrected chi connectivity index (χ0v) is 27.2. The highest BCUT2D eigenvalue weighted by molar-refractivity contribution is 8.13. The van der Waals surface area contributed by atoms with Gasteiger partial charge in [0, 0.05) is 32.2 Å². The molecule has 1 saturated heterocycles. The summed E-state index contributed by atoms with van der Waals surface area (Å²) in [6.45, 7) is 6.48. The third kappa shape index (κ3) is 13.2. The molecule has 45 heavy (non-hydrogen) atoms. The van der Waals surface area contributed by atoms with E-state index in [1.807, 2.05) is 30.3 Å². The molecule has 0 bridgehead atoms. The van der Waals surface area contributed by atoms with Gasteiger partial charge in [0.25, 0.3) is 0 Å². The second-order valence-corrected chi connectivity index (χ2v) is 12.8. The summed E-state index contributed by atoms with van der Waals surface area (Å²) in [6, 6.07) is 8.35. The van der Waals surface area contributed by atoms with Gasteiger partial charge in [-0.15, -0.1) is 0 Å². The summed E-state index contributed by atoms with van der Waals surface area (Å²) in [6.07, 6.45) is 0.332. The minimum absolute atomic E-state index is 0.102. The molecule has 246 valence electrons. The van der Waals surface area contributed by atoms with Gasteiger partial charge in [0.2, 0.25) is 17.7 Å². The molecule has 0 spiro atoms. The second kappa shape index (κ2) is 18.0. The molecule has 4 amide bonds. The Morgan fingerprint density at radius 3 is 2.38 bits per heavy atom. The molecule has 0 aliphatic carbocycles. The van der Waals surface area contributed by atoms with Crippen LogP contribution >= 0.6 is 11.8 Å². The maximum Gasteiger partial charge on any atom is 0.408 e. The quantitative estimate of drug-likeness (QED) is 0.253. The Balaban J connectivity index is 2.06. The van der Waals surface area contributed by atoms with Crippen molar-refractivity contribution in [1.82, 2.24) is 20.9 Å². The number of nitriles is 1. The second-order valence-electron chi connectivity index (χ2n) is 11.6. The molecule has 2 rings (SSSR count). The zero-order valence-electron chi connectivity index (χ0n) is 26.4. The molecule has 1 fully saturated rings. The lowest BCUT2D eigenvalue weighted by Gasteiger charge is -2.27. The summed E-state index contributed by atoms with van der Waals surface area (Å²) >= 11 is 1.00. The zero-order chi connectivity index (χ0) is 33.6. The van der Waals surface area contributed by atoms with Crippen LogP contribution in [0.3, 0.4) is 0 Å². The molecule has 1 aliphatic rings. The number of benzene rings is 1. The molecule has 4 atom stereocenters. The molecule has 0 radical (unpaired) electrons. The van der Waals surface area contributed by atoms with Crippen LogP contribution in [0.4, 0.5) is 4.79 Å². The third-order valence-electron chi connectivity index (χ3n) is 6.82. The van der Waals surface area contributed by atoms with Gasteiger partial charge in [-0.1, -0.05) is 42.1 Å². The first kappa shape index (κ1) is 37.1. The Kier molecular flexibility index (Phi) is 14.8. The van der Waals surface area contributed by atoms with Gasteiger partial charge >= 0.3 is 12.1 Å². The number of carbonyl (C=O) groups excluding carboxylic acids is 6. The smallest absolute Gasteiger partial charge is 0.408 e. The Labute approximate surface area is 268 Å². The fourth-order valence-electron chi connectivity index (χ4n) is 4.62. The molecule has 3 N–H and O–H groups in total. The molecular formula is C31H43N5O8S. The fourth-order valence-corrected chi connectivity index (χ4v) is 5.33. The number of carbonyl (C=O) groups is 6. The highest BCUT2D eigenvalue weighted by Gasteiger charge is 2.35. The Morgan fingerprint density at radius 1 is 1.09 bits per heavy atom. The first-order valence-electron chi connectivity index (χ1n) is 14.8. The highest BCUT2D eigenvalue weighted by atomic mass is 32.2. The van der Waals surface area contributed by atoms with Crippen LogP contribution in [0.2, 0.25) is 0 Å². The topological polar surface area (TPSA) is 184 Å². The van der Waals surface area contributed by atoms with Crippen molar-refractivity contribution in [3.05, 3.63) is 35.9 Å². The molecule has 1 aliphatic heterocycles. The Hall–Kier alpha value is -4.12. The predicted molar refractivity (Wildman–Crippen MR) is 166 cm³/mol. The number of esters is 1. The normalized spacial score (nSPS) is 16.4. The summed E-state index contributed by atoms with van der Waals surface area (Å²) in [5.41, 5.74) is 0.0552. The lowest BCUT2D eigenvalue weighted by atomic mass is 10.00. The number of hydrogen-bond donors (Lipinski definition) is 3. The number of nitrogens with zero attached hydrogens (tertiary/aromatic N) is 2. The number of rotatable bonds is 14. The van der Waals surface area contributed by atoms with Crippen LogP contribution in [0.25, 0.3) is 0 Å². The van der Waals surface area contributed by atoms with Gasteiger partial charge in [0.15, 0.2) is 5.12 Å². The van der Waals surface area contributed by atoms with Crippen molar-refractivity contribution in [2.45, 2.75) is 83.5 Å². The van der Waals surface area contributed by atoms with E-state index in [1.165, 1.54) is 11.8 Å². The van der Waals surface area contributed by atoms with Crippen molar-refractivity contribution in [2.75, 3.05) is 26.0 Å². The average Bonchev–Trinajstić information content (AvgIpc) is 3.47. The van der Waals surface area contributed by atoms with Crippen LogP contribution in [0.5, 0.6) is 0 Å². The van der Waals surface area contributed by atoms with Crippen molar-refractivity contribution >= 4 is 46.7 Å². The summed E-state index contributed by atoms with van der Waals surface area (Å²) in [4.78, 5) is 77.3. The van der Waals surface area contributed by atoms with Gasteiger partial charge in [0.1, 0.15) is 23.7 Å². The molecule has 4 unspecified atom stereocenters. The lowest BCUT2D eigenvalue weighted by Crippen LogP contribution is -2.52. The number of methoxy groups -OCH3 is 1. The third-order valence-corrected chi connectivity index (χ3v) is 7.80. The van der Waals surface area contributed by atoms with Crippen LogP contribution in [0.1, 0.15) is 58.9 Å². The molecule has 1 aromatic rings. The van der Waals surface area contributed by atoms with Gasteiger partial charge < -0.3 is 30.3 Å². The number of thioether (sulfide) groups is 1. The summed E-state index contributed by atoms with van der Waals surface area (Å²) in [5, 5.41) is 17.0. The predicted octanol–water partition coefficient (Wildman–Crippen LogP) is 2.09. The lowest BCUT2D eigenvalue weighted by molar-refractivity contribution is -0.145. The number of alkyl carbamates (subject to hydrolysis) is 1. The van der Waals surface area contributed by atoms with Crippen LogP contribution in [0, 0.1) is 17.2 Å². The van der Waals surface area contributed by atoms with Crippen molar-refractivity contribution < 1.29 is 38.2 Å². The molecule has 14 heteroatoms. The van der Waals surface area contributed by atoms with E-state index in [0.717, 1.165) is 24.4 Å². The average molecular weight is 646 g/mol. The first-order valence-corrected chi connectivity index (χ1v) is 15.7. The van der Waals surface area contributed by atoms with E-state index in [9.17, 15) is 34.0 Å². The summed E-state index contributed by atoms with van der Waals surface area (Å²) in [7, 11) is 1.15. The fraction of sp³-hybridized carbons (Fsp3) is 0.581. The van der Waals surface area contributed by atoms with Gasteiger partial charge in [-0.05, 0) is 52.0 Å². The van der Waals surface area contributed by atoms with Crippen LogP contribution in [-0.4, -0.2) is 89.5 Å². The van der Waals surface area contributed by atoms with Gasteiger partial charge in [0.05, 0.1) is 19.1 Å². The van der Waals surface area contributed by atoms with Crippen molar-refractivity contribution in [1.29, 1.82) is 5.26 Å². The number of likely N-dealkylation sites (tertiary alicyclic amines) is 1. The highest BCUT2D eigenvalue weighted by Crippen LogP contribution is 2.19. The minimum atomic E-state index is -1.22. The molecule has 13 nitrogen and oxygen atoms in total. The number of nitrogens with one attached hydrogen (secondary N) is 3. The number of amides is 4. The molecule has 1 heterocycles. The standard InChI is InChI=1S/C31H43N5O8S/c1-20(37)45-19-22(16-21-10-7-6-8-11-21)27(39)34-25(29(41)43-5)18-33-26(38)14-13-24(35-30(42)44-31(2,3)4)28(40)36-15-9-12-23(36)17-32/h6-8,10-11,22-25H,9,12-16,18-19H2,1-5H3,(H,33,38)(H,34,39)(H,35,42). The molecule has 1 aromatic carbocycles. The van der Waals surface area contributed by atoms with Gasteiger partial charge in [-0.2, -0.15) is 5.26 Å². The molecular weight excluding hydrogens is 602 g/mol. The minimum Gasteiger partial charge on any atom is -0.467 e. The van der Waals surface area contributed by atoms with Crippen LogP contribution < -0.4 is 16.0 Å². The molecule has 0 saturated carbocycles. The summed E-state index contributed by atoms with van der Waals surface area (Å²) < 4.78 is 10.1. The Bertz CT molecular complexity index is 1250. The van der Waals surface area contributed by atoms with Gasteiger partial charge in [-0.25, -0.2) is 9.59 Å². The first-order chi connectivity index (χ1) is 21.2. The number of ether oxygens (including phenoxy) is 2. The largest absolute Gasteiger partial charge is 0.467 e. The van der Waals surface area contributed by atoms with E-state index in [0.29, 0.717) is 25.8 Å². The van der Waals surface area contributed by atoms with E-state index in [2.05, 4.69) is 22.0 Å². The van der Waals surface area contributed by atoms with E-state index in [1.54, 1.807) is 20.8 Å². The van der Waals surface area contributed by atoms with Crippen molar-refractivity contribution in [2.24, 2.45) is 5.92 Å². The monoisotopic (exact) mass is 645 g/mol. The van der Waals surface area contributed by atoms with Crippen molar-refractivity contribution in [3.63, 3.8) is 0 Å².